The van der Waals surface area contributed by atoms with E-state index in [0.29, 0.717) is 5.69 Å². The molecule has 0 aliphatic carbocycles. The molecule has 1 aliphatic rings. The minimum Gasteiger partial charge on any atom is -0.347 e. The van der Waals surface area contributed by atoms with Crippen LogP contribution in [0.4, 0.5) is 0 Å². The first-order valence-electron chi connectivity index (χ1n) is 5.69. The minimum atomic E-state index is -0.0719. The summed E-state index contributed by atoms with van der Waals surface area (Å²) in [5, 5.41) is 10.4. The average molecular weight is 259 g/mol. The van der Waals surface area contributed by atoms with E-state index in [9.17, 15) is 4.79 Å². The third-order valence-corrected chi connectivity index (χ3v) is 2.98. The van der Waals surface area contributed by atoms with Gasteiger partial charge in [-0.1, -0.05) is 0 Å². The molecule has 1 amide bonds. The highest BCUT2D eigenvalue weighted by atomic mass is 35.5. The molecular formula is C11H19ClN4O. The van der Waals surface area contributed by atoms with Crippen molar-refractivity contribution in [2.75, 3.05) is 13.1 Å². The molecule has 0 spiro atoms. The van der Waals surface area contributed by atoms with E-state index in [2.05, 4.69) is 15.7 Å². The van der Waals surface area contributed by atoms with Gasteiger partial charge in [0.2, 0.25) is 0 Å². The molecule has 1 atom stereocenters. The summed E-state index contributed by atoms with van der Waals surface area (Å²) in [6, 6.07) is 2.05. The van der Waals surface area contributed by atoms with Crippen molar-refractivity contribution in [1.29, 1.82) is 0 Å². The van der Waals surface area contributed by atoms with E-state index < -0.39 is 0 Å². The van der Waals surface area contributed by atoms with Gasteiger partial charge in [-0.25, -0.2) is 0 Å². The standard InChI is InChI=1S/C11H18N4O.ClH/c1-8-6-10(14-15(8)2)11(16)13-9-4-3-5-12-7-9;/h6,9,12H,3-5,7H2,1-2H3,(H,13,16);1H. The molecule has 0 radical (unpaired) electrons. The summed E-state index contributed by atoms with van der Waals surface area (Å²) in [6.45, 7) is 3.85. The molecule has 1 aromatic rings. The lowest BCUT2D eigenvalue weighted by Gasteiger charge is -2.23. The van der Waals surface area contributed by atoms with Crippen LogP contribution in [0, 0.1) is 6.92 Å². The molecule has 0 bridgehead atoms. The van der Waals surface area contributed by atoms with Crippen LogP contribution in [0.2, 0.25) is 0 Å². The largest absolute Gasteiger partial charge is 0.347 e. The molecule has 1 fully saturated rings. The Morgan fingerprint density at radius 1 is 1.65 bits per heavy atom. The van der Waals surface area contributed by atoms with E-state index in [4.69, 9.17) is 0 Å². The van der Waals surface area contributed by atoms with Crippen LogP contribution < -0.4 is 10.6 Å². The lowest BCUT2D eigenvalue weighted by atomic mass is 10.1. The Morgan fingerprint density at radius 3 is 2.94 bits per heavy atom. The molecular weight excluding hydrogens is 240 g/mol. The van der Waals surface area contributed by atoms with E-state index in [1.54, 1.807) is 4.68 Å². The monoisotopic (exact) mass is 258 g/mol. The third kappa shape index (κ3) is 3.44. The van der Waals surface area contributed by atoms with Gasteiger partial charge >= 0.3 is 0 Å². The van der Waals surface area contributed by atoms with Crippen molar-refractivity contribution < 1.29 is 4.79 Å². The zero-order valence-corrected chi connectivity index (χ0v) is 11.0. The van der Waals surface area contributed by atoms with Gasteiger partial charge < -0.3 is 10.6 Å². The van der Waals surface area contributed by atoms with E-state index in [0.717, 1.165) is 31.6 Å². The van der Waals surface area contributed by atoms with E-state index in [1.807, 2.05) is 20.0 Å². The lowest BCUT2D eigenvalue weighted by molar-refractivity contribution is 0.0925. The Labute approximate surface area is 107 Å². The number of hydrogen-bond donors (Lipinski definition) is 2. The van der Waals surface area contributed by atoms with Crippen LogP contribution in [0.3, 0.4) is 0 Å². The van der Waals surface area contributed by atoms with E-state index >= 15 is 0 Å². The number of halogens is 1. The maximum Gasteiger partial charge on any atom is 0.272 e. The molecule has 2 rings (SSSR count). The summed E-state index contributed by atoms with van der Waals surface area (Å²) in [5.74, 6) is -0.0719. The van der Waals surface area contributed by atoms with Crippen molar-refractivity contribution in [3.63, 3.8) is 0 Å². The Bertz CT molecular complexity index is 365. The maximum absolute atomic E-state index is 11.9. The molecule has 2 N–H and O–H groups in total. The molecule has 6 heteroatoms. The zero-order chi connectivity index (χ0) is 11.5. The average Bonchev–Trinajstić information content (AvgIpc) is 2.61. The number of amides is 1. The Kier molecular flexibility index (Phi) is 4.96. The van der Waals surface area contributed by atoms with Crippen molar-refractivity contribution in [1.82, 2.24) is 20.4 Å². The van der Waals surface area contributed by atoms with Crippen molar-refractivity contribution in [3.8, 4) is 0 Å². The summed E-state index contributed by atoms with van der Waals surface area (Å²) in [4.78, 5) is 11.9. The Morgan fingerprint density at radius 2 is 2.41 bits per heavy atom. The Hall–Kier alpha value is -1.07. The van der Waals surface area contributed by atoms with Crippen LogP contribution in [0.15, 0.2) is 6.07 Å². The van der Waals surface area contributed by atoms with Gasteiger partial charge in [0.25, 0.3) is 5.91 Å². The number of nitrogens with zero attached hydrogens (tertiary/aromatic N) is 2. The molecule has 96 valence electrons. The number of aromatic nitrogens is 2. The fourth-order valence-electron chi connectivity index (χ4n) is 1.91. The van der Waals surface area contributed by atoms with Crippen LogP contribution in [-0.2, 0) is 7.05 Å². The van der Waals surface area contributed by atoms with Crippen molar-refractivity contribution in [2.45, 2.75) is 25.8 Å². The predicted molar refractivity (Wildman–Crippen MR) is 68.6 cm³/mol. The summed E-state index contributed by atoms with van der Waals surface area (Å²) in [5.41, 5.74) is 1.50. The number of rotatable bonds is 2. The van der Waals surface area contributed by atoms with Gasteiger partial charge in [0.15, 0.2) is 0 Å². The van der Waals surface area contributed by atoms with Gasteiger partial charge in [-0.3, -0.25) is 9.48 Å². The van der Waals surface area contributed by atoms with Gasteiger partial charge in [-0.05, 0) is 32.4 Å². The number of piperidine rings is 1. The van der Waals surface area contributed by atoms with Gasteiger partial charge in [-0.15, -0.1) is 12.4 Å². The molecule has 0 saturated carbocycles. The van der Waals surface area contributed by atoms with Gasteiger partial charge in [0.05, 0.1) is 0 Å². The number of aryl methyl sites for hydroxylation is 2. The molecule has 1 aliphatic heterocycles. The normalized spacial score (nSPS) is 19.5. The van der Waals surface area contributed by atoms with Gasteiger partial charge in [0.1, 0.15) is 5.69 Å². The number of nitrogens with one attached hydrogen (secondary N) is 2. The second-order valence-corrected chi connectivity index (χ2v) is 4.31. The number of carbonyl (C=O) groups excluding carboxylic acids is 1. The molecule has 1 unspecified atom stereocenters. The molecule has 2 heterocycles. The SMILES string of the molecule is Cc1cc(C(=O)NC2CCCNC2)nn1C.Cl. The second-order valence-electron chi connectivity index (χ2n) is 4.31. The summed E-state index contributed by atoms with van der Waals surface area (Å²) >= 11 is 0. The van der Waals surface area contributed by atoms with E-state index in [1.165, 1.54) is 0 Å². The quantitative estimate of drug-likeness (QED) is 0.818. The topological polar surface area (TPSA) is 59.0 Å². The van der Waals surface area contributed by atoms with Gasteiger partial charge in [0, 0.05) is 25.3 Å². The number of carbonyl (C=O) groups is 1. The fraction of sp³-hybridized carbons (Fsp3) is 0.636. The smallest absolute Gasteiger partial charge is 0.272 e. The predicted octanol–water partition coefficient (Wildman–Crippen LogP) is 0.632. The number of hydrogen-bond acceptors (Lipinski definition) is 3. The third-order valence-electron chi connectivity index (χ3n) is 2.98. The summed E-state index contributed by atoms with van der Waals surface area (Å²) in [7, 11) is 1.84. The van der Waals surface area contributed by atoms with Crippen LogP contribution in [0.5, 0.6) is 0 Å². The molecule has 17 heavy (non-hydrogen) atoms. The maximum atomic E-state index is 11.9. The molecule has 5 nitrogen and oxygen atoms in total. The summed E-state index contributed by atoms with van der Waals surface area (Å²) in [6.07, 6.45) is 2.16. The molecule has 0 aromatic carbocycles. The van der Waals surface area contributed by atoms with Gasteiger partial charge in [-0.2, -0.15) is 5.10 Å². The highest BCUT2D eigenvalue weighted by Gasteiger charge is 2.18. The zero-order valence-electron chi connectivity index (χ0n) is 10.2. The van der Waals surface area contributed by atoms with E-state index in [-0.39, 0.29) is 24.4 Å². The Balaban J connectivity index is 0.00000144. The highest BCUT2D eigenvalue weighted by molar-refractivity contribution is 5.92. The fourth-order valence-corrected chi connectivity index (χ4v) is 1.91. The van der Waals surface area contributed by atoms with Crippen molar-refractivity contribution in [2.24, 2.45) is 7.05 Å². The van der Waals surface area contributed by atoms with Crippen molar-refractivity contribution >= 4 is 18.3 Å². The first kappa shape index (κ1) is 14.0. The first-order valence-corrected chi connectivity index (χ1v) is 5.69. The first-order chi connectivity index (χ1) is 7.66. The lowest BCUT2D eigenvalue weighted by Crippen LogP contribution is -2.45. The van der Waals surface area contributed by atoms with Crippen LogP contribution >= 0.6 is 12.4 Å². The minimum absolute atomic E-state index is 0. The molecule has 1 saturated heterocycles. The summed E-state index contributed by atoms with van der Waals surface area (Å²) < 4.78 is 1.72. The van der Waals surface area contributed by atoms with Crippen LogP contribution in [0.25, 0.3) is 0 Å². The molecule has 1 aromatic heterocycles. The highest BCUT2D eigenvalue weighted by Crippen LogP contribution is 2.05. The van der Waals surface area contributed by atoms with Crippen LogP contribution in [-0.4, -0.2) is 34.8 Å². The van der Waals surface area contributed by atoms with Crippen LogP contribution in [0.1, 0.15) is 29.0 Å². The second kappa shape index (κ2) is 6.02. The van der Waals surface area contributed by atoms with Crippen molar-refractivity contribution in [3.05, 3.63) is 17.5 Å².